The lowest BCUT2D eigenvalue weighted by atomic mass is 9.87. The van der Waals surface area contributed by atoms with Gasteiger partial charge in [-0.25, -0.2) is 14.5 Å². The molecule has 0 atom stereocenters. The maximum Gasteiger partial charge on any atom is 0.416 e. The number of hydrogen-bond acceptors (Lipinski definition) is 6. The average molecular weight is 490 g/mol. The molecule has 0 radical (unpaired) electrons. The largest absolute Gasteiger partial charge is 0.416 e. The second kappa shape index (κ2) is 7.94. The smallest absolute Gasteiger partial charge is 0.336 e. The number of alkyl halides is 3. The van der Waals surface area contributed by atoms with Crippen molar-refractivity contribution in [2.45, 2.75) is 24.6 Å². The van der Waals surface area contributed by atoms with E-state index in [1.807, 2.05) is 0 Å². The Kier molecular flexibility index (Phi) is 5.15. The number of nitrogens with zero attached hydrogens (tertiary/aromatic N) is 4. The van der Waals surface area contributed by atoms with Crippen LogP contribution in [0.25, 0.3) is 16.4 Å². The number of benzene rings is 1. The predicted octanol–water partition coefficient (Wildman–Crippen LogP) is 2.83. The Balaban J connectivity index is 1.45. The van der Waals surface area contributed by atoms with Crippen LogP contribution in [-0.2, 0) is 11.0 Å². The first kappa shape index (κ1) is 22.1. The van der Waals surface area contributed by atoms with E-state index in [1.165, 1.54) is 33.1 Å². The maximum absolute atomic E-state index is 13.3. The minimum atomic E-state index is -4.54. The van der Waals surface area contributed by atoms with Crippen molar-refractivity contribution in [1.29, 1.82) is 0 Å². The van der Waals surface area contributed by atoms with Crippen molar-refractivity contribution >= 4 is 29.2 Å². The fraction of sp³-hybridized carbons (Fsp3) is 0.286. The monoisotopic (exact) mass is 490 g/mol. The average Bonchev–Trinajstić information content (AvgIpc) is 3.53. The van der Waals surface area contributed by atoms with Crippen LogP contribution in [-0.4, -0.2) is 56.1 Å². The molecule has 0 aliphatic carbocycles. The Morgan fingerprint density at radius 3 is 2.50 bits per heavy atom. The summed E-state index contributed by atoms with van der Waals surface area (Å²) in [5, 5.41) is 10.9. The molecule has 2 saturated heterocycles. The number of rotatable bonds is 3. The Morgan fingerprint density at radius 1 is 1.12 bits per heavy atom. The quantitative estimate of drug-likeness (QED) is 0.549. The number of amides is 4. The molecule has 0 bridgehead atoms. The second-order valence-corrected chi connectivity index (χ2v) is 8.93. The zero-order valence-electron chi connectivity index (χ0n) is 17.4. The topological polar surface area (TPSA) is 109 Å². The van der Waals surface area contributed by atoms with Gasteiger partial charge in [-0.15, -0.1) is 16.4 Å². The van der Waals surface area contributed by atoms with E-state index in [1.54, 1.807) is 17.5 Å². The van der Waals surface area contributed by atoms with E-state index in [2.05, 4.69) is 20.7 Å². The van der Waals surface area contributed by atoms with Gasteiger partial charge in [-0.1, -0.05) is 12.1 Å². The molecule has 13 heteroatoms. The zero-order valence-corrected chi connectivity index (χ0v) is 18.2. The molecule has 176 valence electrons. The molecule has 1 spiro atoms. The van der Waals surface area contributed by atoms with Crippen LogP contribution < -0.4 is 10.6 Å². The van der Waals surface area contributed by atoms with Crippen molar-refractivity contribution in [3.63, 3.8) is 0 Å². The number of hydrogen-bond donors (Lipinski definition) is 2. The third kappa shape index (κ3) is 3.81. The lowest BCUT2D eigenvalue weighted by molar-refractivity contribution is -0.137. The minimum absolute atomic E-state index is 0.118. The number of carbonyl (C=O) groups is 3. The standard InChI is InChI=1S/C21H17F3N6O3S/c22-21(23,24)12-3-1-4-13(11-12)30-16(14-5-2-10-34-14)25-15(28-30)17(31)29-8-6-20(7-9-29)18(32)26-19(33)27-20/h1-5,10-11H,6-9H2,(H2,26,27,32,33). The number of aromatic nitrogens is 3. The first-order valence-corrected chi connectivity index (χ1v) is 11.2. The van der Waals surface area contributed by atoms with Crippen LogP contribution in [0.15, 0.2) is 41.8 Å². The Hall–Kier alpha value is -3.74. The molecule has 2 aliphatic heterocycles. The molecule has 3 aromatic rings. The molecule has 0 saturated carbocycles. The molecule has 2 fully saturated rings. The van der Waals surface area contributed by atoms with Gasteiger partial charge in [0.1, 0.15) is 5.54 Å². The van der Waals surface area contributed by atoms with Gasteiger partial charge in [-0.3, -0.25) is 14.9 Å². The lowest BCUT2D eigenvalue weighted by Gasteiger charge is -2.36. The van der Waals surface area contributed by atoms with Crippen molar-refractivity contribution in [3.05, 3.63) is 53.2 Å². The van der Waals surface area contributed by atoms with Crippen molar-refractivity contribution in [1.82, 2.24) is 30.3 Å². The normalized spacial score (nSPS) is 17.7. The number of imide groups is 1. The third-order valence-electron chi connectivity index (χ3n) is 5.88. The highest BCUT2D eigenvalue weighted by Crippen LogP contribution is 2.32. The van der Waals surface area contributed by atoms with Gasteiger partial charge in [0, 0.05) is 13.1 Å². The number of thiophene rings is 1. The van der Waals surface area contributed by atoms with E-state index in [-0.39, 0.29) is 43.3 Å². The molecular weight excluding hydrogens is 473 g/mol. The summed E-state index contributed by atoms with van der Waals surface area (Å²) in [7, 11) is 0. The number of likely N-dealkylation sites (tertiary alicyclic amines) is 1. The number of piperidine rings is 1. The number of nitrogens with one attached hydrogen (secondary N) is 2. The molecule has 2 aromatic heterocycles. The van der Waals surface area contributed by atoms with Gasteiger partial charge in [-0.2, -0.15) is 13.2 Å². The molecule has 5 rings (SSSR count). The summed E-state index contributed by atoms with van der Waals surface area (Å²) in [6, 6.07) is 7.57. The molecule has 1 aromatic carbocycles. The first-order valence-electron chi connectivity index (χ1n) is 10.3. The summed E-state index contributed by atoms with van der Waals surface area (Å²) in [6.45, 7) is 0.359. The van der Waals surface area contributed by atoms with Crippen LogP contribution in [0.5, 0.6) is 0 Å². The van der Waals surface area contributed by atoms with Gasteiger partial charge in [0.2, 0.25) is 5.82 Å². The van der Waals surface area contributed by atoms with Gasteiger partial charge < -0.3 is 10.2 Å². The van der Waals surface area contributed by atoms with E-state index in [0.29, 0.717) is 4.88 Å². The lowest BCUT2D eigenvalue weighted by Crippen LogP contribution is -2.55. The number of urea groups is 1. The summed E-state index contributed by atoms with van der Waals surface area (Å²) in [6.07, 6.45) is -4.09. The fourth-order valence-electron chi connectivity index (χ4n) is 4.08. The van der Waals surface area contributed by atoms with E-state index in [4.69, 9.17) is 0 Å². The Bertz CT molecular complexity index is 1280. The third-order valence-corrected chi connectivity index (χ3v) is 6.74. The van der Waals surface area contributed by atoms with Crippen molar-refractivity contribution in [3.8, 4) is 16.4 Å². The van der Waals surface area contributed by atoms with Crippen molar-refractivity contribution < 1.29 is 27.6 Å². The van der Waals surface area contributed by atoms with Crippen LogP contribution in [0.3, 0.4) is 0 Å². The van der Waals surface area contributed by atoms with Crippen LogP contribution in [0, 0.1) is 0 Å². The van der Waals surface area contributed by atoms with Crippen molar-refractivity contribution in [2.24, 2.45) is 0 Å². The summed E-state index contributed by atoms with van der Waals surface area (Å²) in [5.41, 5.74) is -1.77. The van der Waals surface area contributed by atoms with E-state index in [0.717, 1.165) is 12.1 Å². The second-order valence-electron chi connectivity index (χ2n) is 7.98. The maximum atomic E-state index is 13.3. The molecule has 4 heterocycles. The predicted molar refractivity (Wildman–Crippen MR) is 114 cm³/mol. The highest BCUT2D eigenvalue weighted by molar-refractivity contribution is 7.13. The molecular formula is C21H17F3N6O3S. The Morgan fingerprint density at radius 2 is 1.88 bits per heavy atom. The summed E-state index contributed by atoms with van der Waals surface area (Å²) in [4.78, 5) is 43.3. The zero-order chi connectivity index (χ0) is 24.1. The first-order chi connectivity index (χ1) is 16.2. The van der Waals surface area contributed by atoms with Crippen LogP contribution in [0.2, 0.25) is 0 Å². The molecule has 2 aliphatic rings. The van der Waals surface area contributed by atoms with E-state index < -0.39 is 35.1 Å². The summed E-state index contributed by atoms with van der Waals surface area (Å²) >= 11 is 1.31. The summed E-state index contributed by atoms with van der Waals surface area (Å²) in [5.74, 6) is -0.857. The molecule has 9 nitrogen and oxygen atoms in total. The highest BCUT2D eigenvalue weighted by atomic mass is 32.1. The van der Waals surface area contributed by atoms with Crippen LogP contribution in [0.1, 0.15) is 29.0 Å². The van der Waals surface area contributed by atoms with Gasteiger partial charge >= 0.3 is 12.2 Å². The molecule has 2 N–H and O–H groups in total. The van der Waals surface area contributed by atoms with Gasteiger partial charge in [-0.05, 0) is 42.5 Å². The number of halogens is 3. The molecule has 0 unspecified atom stereocenters. The number of carbonyl (C=O) groups excluding carboxylic acids is 3. The van der Waals surface area contributed by atoms with Gasteiger partial charge in [0.05, 0.1) is 16.1 Å². The SMILES string of the molecule is O=C1NC(=O)C2(CCN(C(=O)c3nc(-c4cccs4)n(-c4cccc(C(F)(F)F)c4)n3)CC2)N1. The summed E-state index contributed by atoms with van der Waals surface area (Å²) < 4.78 is 41.0. The van der Waals surface area contributed by atoms with Gasteiger partial charge in [0.15, 0.2) is 5.82 Å². The van der Waals surface area contributed by atoms with E-state index in [9.17, 15) is 27.6 Å². The van der Waals surface area contributed by atoms with Gasteiger partial charge in [0.25, 0.3) is 11.8 Å². The van der Waals surface area contributed by atoms with Crippen LogP contribution in [0.4, 0.5) is 18.0 Å². The highest BCUT2D eigenvalue weighted by Gasteiger charge is 2.48. The fourth-order valence-corrected chi connectivity index (χ4v) is 4.77. The Labute approximate surface area is 194 Å². The van der Waals surface area contributed by atoms with Crippen LogP contribution >= 0.6 is 11.3 Å². The van der Waals surface area contributed by atoms with E-state index >= 15 is 0 Å². The minimum Gasteiger partial charge on any atom is -0.336 e. The van der Waals surface area contributed by atoms with Crippen molar-refractivity contribution in [2.75, 3.05) is 13.1 Å². The molecule has 34 heavy (non-hydrogen) atoms. The molecule has 4 amide bonds.